The van der Waals surface area contributed by atoms with Crippen LogP contribution in [-0.4, -0.2) is 22.1 Å². The van der Waals surface area contributed by atoms with E-state index in [0.717, 1.165) is 6.08 Å². The van der Waals surface area contributed by atoms with Gasteiger partial charge in [0.25, 0.3) is 0 Å². The maximum atomic E-state index is 13.2. The van der Waals surface area contributed by atoms with Crippen molar-refractivity contribution < 1.29 is 35.9 Å². The van der Waals surface area contributed by atoms with Gasteiger partial charge in [-0.05, 0) is 42.8 Å². The lowest BCUT2D eigenvalue weighted by Crippen LogP contribution is -2.12. The van der Waals surface area contributed by atoms with Gasteiger partial charge in [-0.25, -0.2) is 9.78 Å². The van der Waals surface area contributed by atoms with Crippen molar-refractivity contribution in [2.75, 3.05) is 6.61 Å². The molecule has 5 nitrogen and oxygen atoms in total. The van der Waals surface area contributed by atoms with Gasteiger partial charge >= 0.3 is 18.3 Å². The van der Waals surface area contributed by atoms with Gasteiger partial charge in [-0.2, -0.15) is 31.6 Å². The van der Waals surface area contributed by atoms with Crippen LogP contribution in [0.3, 0.4) is 0 Å². The molecule has 0 fully saturated rings. The first-order valence-corrected chi connectivity index (χ1v) is 9.93. The highest BCUT2D eigenvalue weighted by atomic mass is 35.5. The van der Waals surface area contributed by atoms with Crippen LogP contribution < -0.4 is 0 Å². The van der Waals surface area contributed by atoms with E-state index >= 15 is 0 Å². The van der Waals surface area contributed by atoms with Crippen molar-refractivity contribution in [2.45, 2.75) is 25.8 Å². The fraction of sp³-hybridized carbons (Fsp3) is 0.227. The number of nitrogens with zero attached hydrogens (tertiary/aromatic N) is 3. The average Bonchev–Trinajstić information content (AvgIpc) is 3.09. The Morgan fingerprint density at radius 3 is 2.32 bits per heavy atom. The lowest BCUT2D eigenvalue weighted by molar-refractivity contribution is -0.143. The lowest BCUT2D eigenvalue weighted by atomic mass is 10.0. The number of rotatable bonds is 5. The van der Waals surface area contributed by atoms with Crippen molar-refractivity contribution in [3.8, 4) is 6.07 Å². The molecule has 3 aromatic rings. The number of aromatic nitrogens is 2. The zero-order valence-corrected chi connectivity index (χ0v) is 18.0. The minimum absolute atomic E-state index is 0.0129. The van der Waals surface area contributed by atoms with Crippen LogP contribution in [0, 0.1) is 11.3 Å². The monoisotopic (exact) mass is 501 g/mol. The minimum atomic E-state index is -4.99. The van der Waals surface area contributed by atoms with E-state index in [1.807, 2.05) is 0 Å². The van der Waals surface area contributed by atoms with Crippen molar-refractivity contribution >= 4 is 34.7 Å². The molecule has 2 heterocycles. The van der Waals surface area contributed by atoms with Crippen molar-refractivity contribution in [3.05, 3.63) is 69.5 Å². The molecule has 178 valence electrons. The first-order valence-electron chi connectivity index (χ1n) is 9.55. The Hall–Kier alpha value is -3.52. The number of hydrogen-bond donors (Lipinski definition) is 0. The number of halogens is 7. The smallest absolute Gasteiger partial charge is 0.416 e. The topological polar surface area (TPSA) is 67.9 Å². The summed E-state index contributed by atoms with van der Waals surface area (Å²) < 4.78 is 85.4. The van der Waals surface area contributed by atoms with Crippen LogP contribution in [0.5, 0.6) is 0 Å². The van der Waals surface area contributed by atoms with Crippen molar-refractivity contribution in [3.63, 3.8) is 0 Å². The normalized spacial score (nSPS) is 12.6. The number of alkyl halides is 6. The molecular weight excluding hydrogens is 488 g/mol. The number of ether oxygens (including phenoxy) is 1. The molecule has 0 aliphatic heterocycles. The zero-order chi connectivity index (χ0) is 25.3. The van der Waals surface area contributed by atoms with E-state index < -0.39 is 36.0 Å². The molecule has 0 saturated carbocycles. The van der Waals surface area contributed by atoms with Crippen LogP contribution in [0.4, 0.5) is 26.3 Å². The van der Waals surface area contributed by atoms with Crippen molar-refractivity contribution in [1.82, 2.24) is 9.55 Å². The molecule has 0 N–H and O–H groups in total. The van der Waals surface area contributed by atoms with Gasteiger partial charge in [0, 0.05) is 29.9 Å². The molecule has 0 unspecified atom stereocenters. The predicted molar refractivity (Wildman–Crippen MR) is 111 cm³/mol. The fourth-order valence-corrected chi connectivity index (χ4v) is 3.49. The molecule has 0 spiro atoms. The summed E-state index contributed by atoms with van der Waals surface area (Å²) in [5.41, 5.74) is -3.23. The highest BCUT2D eigenvalue weighted by molar-refractivity contribution is 6.35. The van der Waals surface area contributed by atoms with Crippen LogP contribution in [0.15, 0.2) is 42.2 Å². The molecule has 0 amide bonds. The van der Waals surface area contributed by atoms with Gasteiger partial charge in [0.15, 0.2) is 0 Å². The zero-order valence-electron chi connectivity index (χ0n) is 17.3. The largest absolute Gasteiger partial charge is 0.462 e. The Labute approximate surface area is 193 Å². The summed E-state index contributed by atoms with van der Waals surface area (Å²) in [6.45, 7) is 1.13. The van der Waals surface area contributed by atoms with Crippen LogP contribution in [-0.2, 0) is 28.4 Å². The third-order valence-electron chi connectivity index (χ3n) is 4.65. The van der Waals surface area contributed by atoms with Crippen molar-refractivity contribution in [2.24, 2.45) is 0 Å². The third-order valence-corrected chi connectivity index (χ3v) is 4.97. The van der Waals surface area contributed by atoms with E-state index in [9.17, 15) is 36.4 Å². The maximum Gasteiger partial charge on any atom is 0.416 e. The summed E-state index contributed by atoms with van der Waals surface area (Å²) >= 11 is 6.24. The van der Waals surface area contributed by atoms with Gasteiger partial charge in [0.1, 0.15) is 17.3 Å². The SMILES string of the molecule is CCOC(=O)/C(C#N)=C/c1cn(Cc2cc(C(F)(F)F)cc(C(F)(F)F)c2)c2nccc(Cl)c12. The summed E-state index contributed by atoms with van der Waals surface area (Å²) in [5.74, 6) is -0.904. The molecular formula is C22H14ClF6N3O2. The second-order valence-corrected chi connectivity index (χ2v) is 7.42. The van der Waals surface area contributed by atoms with E-state index in [1.165, 1.54) is 23.0 Å². The van der Waals surface area contributed by atoms with Gasteiger partial charge < -0.3 is 9.30 Å². The Balaban J connectivity index is 2.17. The minimum Gasteiger partial charge on any atom is -0.462 e. The Kier molecular flexibility index (Phi) is 6.93. The van der Waals surface area contributed by atoms with Gasteiger partial charge in [0.05, 0.1) is 22.8 Å². The fourth-order valence-electron chi connectivity index (χ4n) is 3.24. The summed E-state index contributed by atoms with van der Waals surface area (Å²) in [5, 5.41) is 9.70. The van der Waals surface area contributed by atoms with Crippen LogP contribution in [0.25, 0.3) is 17.1 Å². The number of carbonyl (C=O) groups is 1. The summed E-state index contributed by atoms with van der Waals surface area (Å²) in [7, 11) is 0. The van der Waals surface area contributed by atoms with E-state index in [0.29, 0.717) is 12.1 Å². The second kappa shape index (κ2) is 9.38. The van der Waals surface area contributed by atoms with Crippen LogP contribution in [0.2, 0.25) is 5.02 Å². The highest BCUT2D eigenvalue weighted by Crippen LogP contribution is 2.37. The number of esters is 1. The maximum absolute atomic E-state index is 13.2. The first kappa shape index (κ1) is 25.1. The quantitative estimate of drug-likeness (QED) is 0.179. The number of hydrogen-bond acceptors (Lipinski definition) is 4. The molecule has 0 bridgehead atoms. The summed E-state index contributed by atoms with van der Waals surface area (Å²) in [4.78, 5) is 16.1. The Morgan fingerprint density at radius 1 is 1.18 bits per heavy atom. The van der Waals surface area contributed by atoms with E-state index in [-0.39, 0.29) is 45.4 Å². The molecule has 2 aromatic heterocycles. The Bertz CT molecular complexity index is 1290. The summed E-state index contributed by atoms with van der Waals surface area (Å²) in [6, 6.07) is 4.36. The Morgan fingerprint density at radius 2 is 1.79 bits per heavy atom. The predicted octanol–water partition coefficient (Wildman–Crippen LogP) is 6.25. The van der Waals surface area contributed by atoms with E-state index in [4.69, 9.17) is 16.3 Å². The summed E-state index contributed by atoms with van der Waals surface area (Å²) in [6.07, 6.45) is -6.19. The highest BCUT2D eigenvalue weighted by Gasteiger charge is 2.37. The van der Waals surface area contributed by atoms with Crippen molar-refractivity contribution in [1.29, 1.82) is 5.26 Å². The molecule has 34 heavy (non-hydrogen) atoms. The van der Waals surface area contributed by atoms with Crippen LogP contribution in [0.1, 0.15) is 29.2 Å². The molecule has 0 aliphatic carbocycles. The van der Waals surface area contributed by atoms with E-state index in [1.54, 1.807) is 13.0 Å². The molecule has 1 aromatic carbocycles. The average molecular weight is 502 g/mol. The molecule has 0 aliphatic rings. The third kappa shape index (κ3) is 5.34. The number of benzene rings is 1. The first-order chi connectivity index (χ1) is 15.8. The number of pyridine rings is 1. The van der Waals surface area contributed by atoms with Gasteiger partial charge in [-0.3, -0.25) is 0 Å². The molecule has 0 atom stereocenters. The lowest BCUT2D eigenvalue weighted by Gasteiger charge is -2.15. The molecule has 0 radical (unpaired) electrons. The van der Waals surface area contributed by atoms with Crippen LogP contribution >= 0.6 is 11.6 Å². The standard InChI is InChI=1S/C22H14ClF6N3O2/c1-2-34-20(33)13(9-30)7-14-11-32(19-18(14)17(23)3-4-31-19)10-12-5-15(21(24,25)26)8-16(6-12)22(27,28)29/h3-8,11H,2,10H2,1H3/b13-7+. The molecule has 12 heteroatoms. The van der Waals surface area contributed by atoms with E-state index in [2.05, 4.69) is 4.98 Å². The number of fused-ring (bicyclic) bond motifs is 1. The number of carbonyl (C=O) groups excluding carboxylic acids is 1. The van der Waals surface area contributed by atoms with Gasteiger partial charge in [-0.1, -0.05) is 11.6 Å². The second-order valence-electron chi connectivity index (χ2n) is 7.01. The van der Waals surface area contributed by atoms with Gasteiger partial charge in [0.2, 0.25) is 0 Å². The number of nitriles is 1. The molecule has 3 rings (SSSR count). The molecule has 0 saturated heterocycles. The van der Waals surface area contributed by atoms with Gasteiger partial charge in [-0.15, -0.1) is 0 Å².